The second kappa shape index (κ2) is 14.5. The minimum Gasteiger partial charge on any atom is -0.461 e. The number of rotatable bonds is 13. The maximum absolute atomic E-state index is 11.9. The Balaban J connectivity index is 5.08. The van der Waals surface area contributed by atoms with Gasteiger partial charge in [0.05, 0.1) is 12.7 Å². The largest absolute Gasteiger partial charge is 0.461 e. The van der Waals surface area contributed by atoms with Gasteiger partial charge in [0.1, 0.15) is 5.70 Å². The molecule has 0 radical (unpaired) electrons. The van der Waals surface area contributed by atoms with Crippen molar-refractivity contribution in [3.8, 4) is 5.97 Å². The Labute approximate surface area is 166 Å². The lowest BCUT2D eigenvalue weighted by molar-refractivity contribution is -0.138. The van der Waals surface area contributed by atoms with Gasteiger partial charge in [-0.15, -0.1) is 0 Å². The number of unbranched alkanes of at least 4 members (excludes halogenated alkanes) is 3. The van der Waals surface area contributed by atoms with Crippen LogP contribution in [0.25, 0.3) is 0 Å². The van der Waals surface area contributed by atoms with Crippen molar-refractivity contribution in [2.75, 3.05) is 6.61 Å². The van der Waals surface area contributed by atoms with E-state index >= 15 is 0 Å². The van der Waals surface area contributed by atoms with Gasteiger partial charge in [-0.1, -0.05) is 58.9 Å². The van der Waals surface area contributed by atoms with Crippen LogP contribution in [-0.2, 0) is 9.53 Å². The molecule has 0 heterocycles. The average molecular weight is 376 g/mol. The SMILES string of the molecule is C/C=C(\N=C(C)C(O)CC(B(C#N)CCCCCC)C(C)C)C(=O)OCC. The molecule has 0 saturated carbocycles. The Morgan fingerprint density at radius 1 is 1.30 bits per heavy atom. The number of aliphatic hydroxyl groups excluding tert-OH is 1. The van der Waals surface area contributed by atoms with E-state index in [0.717, 1.165) is 19.2 Å². The van der Waals surface area contributed by atoms with Gasteiger partial charge >= 0.3 is 5.97 Å². The Morgan fingerprint density at radius 2 is 1.96 bits per heavy atom. The summed E-state index contributed by atoms with van der Waals surface area (Å²) in [5, 5.41) is 20.3. The summed E-state index contributed by atoms with van der Waals surface area (Å²) < 4.78 is 4.98. The Hall–Kier alpha value is -1.61. The van der Waals surface area contributed by atoms with Crippen molar-refractivity contribution in [1.82, 2.24) is 0 Å². The van der Waals surface area contributed by atoms with Gasteiger partial charge in [-0.25, -0.2) is 15.0 Å². The highest BCUT2D eigenvalue weighted by atomic mass is 16.5. The molecular weight excluding hydrogens is 339 g/mol. The fraction of sp³-hybridized carbons (Fsp3) is 0.762. The third-order valence-electron chi connectivity index (χ3n) is 4.94. The molecule has 5 nitrogen and oxygen atoms in total. The van der Waals surface area contributed by atoms with Gasteiger partial charge in [-0.05, 0) is 38.9 Å². The van der Waals surface area contributed by atoms with Crippen LogP contribution < -0.4 is 0 Å². The van der Waals surface area contributed by atoms with Gasteiger partial charge < -0.3 is 9.84 Å². The second-order valence-corrected chi connectivity index (χ2v) is 7.39. The summed E-state index contributed by atoms with van der Waals surface area (Å²) in [6.07, 6.45) is 6.69. The predicted octanol–water partition coefficient (Wildman–Crippen LogP) is 4.83. The highest BCUT2D eigenvalue weighted by Crippen LogP contribution is 2.30. The molecule has 0 bridgehead atoms. The molecule has 0 rings (SSSR count). The molecule has 0 aliphatic heterocycles. The number of carbonyl (C=O) groups excluding carboxylic acids is 1. The minimum absolute atomic E-state index is 0.0736. The van der Waals surface area contributed by atoms with E-state index in [2.05, 4.69) is 31.7 Å². The van der Waals surface area contributed by atoms with E-state index in [-0.39, 0.29) is 30.8 Å². The molecule has 0 aromatic rings. The monoisotopic (exact) mass is 376 g/mol. The molecule has 2 atom stereocenters. The lowest BCUT2D eigenvalue weighted by Crippen LogP contribution is -2.30. The summed E-state index contributed by atoms with van der Waals surface area (Å²) in [6.45, 7) is 11.7. The lowest BCUT2D eigenvalue weighted by atomic mass is 9.36. The highest BCUT2D eigenvalue weighted by molar-refractivity contribution is 6.68. The van der Waals surface area contributed by atoms with Crippen LogP contribution in [-0.4, -0.2) is 36.2 Å². The van der Waals surface area contributed by atoms with Crippen LogP contribution >= 0.6 is 0 Å². The molecule has 0 aliphatic rings. The number of aliphatic hydroxyl groups is 1. The van der Waals surface area contributed by atoms with Crippen molar-refractivity contribution in [3.05, 3.63) is 11.8 Å². The number of esters is 1. The molecule has 0 aromatic carbocycles. The van der Waals surface area contributed by atoms with Crippen molar-refractivity contribution in [1.29, 1.82) is 5.26 Å². The van der Waals surface area contributed by atoms with Crippen molar-refractivity contribution in [3.63, 3.8) is 0 Å². The van der Waals surface area contributed by atoms with Crippen LogP contribution in [0.3, 0.4) is 0 Å². The van der Waals surface area contributed by atoms with E-state index in [4.69, 9.17) is 4.74 Å². The van der Waals surface area contributed by atoms with Crippen LogP contribution in [0.4, 0.5) is 0 Å². The van der Waals surface area contributed by atoms with E-state index in [1.54, 1.807) is 26.8 Å². The number of allylic oxidation sites excluding steroid dienone is 1. The smallest absolute Gasteiger partial charge is 0.356 e. The number of carbonyl (C=O) groups is 1. The third-order valence-corrected chi connectivity index (χ3v) is 4.94. The summed E-state index contributed by atoms with van der Waals surface area (Å²) in [5.41, 5.74) is 0.676. The van der Waals surface area contributed by atoms with E-state index in [1.165, 1.54) is 12.8 Å². The fourth-order valence-corrected chi connectivity index (χ4v) is 3.19. The number of aliphatic imine (C=N–C) groups is 1. The molecule has 2 unspecified atom stereocenters. The van der Waals surface area contributed by atoms with Gasteiger partial charge in [0.15, 0.2) is 0 Å². The maximum atomic E-state index is 11.9. The standard InChI is InChI=1S/C21H37BN2O3/c1-7-10-11-12-13-22(15-23)18(16(4)5)14-20(25)17(6)24-19(8-2)21(26)27-9-3/h8,16,18,20,25H,7,9-14H2,1-6H3/b19-8-,24-17?. The predicted molar refractivity (Wildman–Crippen MR) is 113 cm³/mol. The van der Waals surface area contributed by atoms with Crippen molar-refractivity contribution in [2.24, 2.45) is 10.9 Å². The molecule has 0 spiro atoms. The first-order chi connectivity index (χ1) is 12.8. The van der Waals surface area contributed by atoms with E-state index in [0.29, 0.717) is 12.1 Å². The fourth-order valence-electron chi connectivity index (χ4n) is 3.19. The number of nitrogens with zero attached hydrogens (tertiary/aromatic N) is 2. The molecular formula is C21H37BN2O3. The van der Waals surface area contributed by atoms with Gasteiger partial charge in [0, 0.05) is 11.7 Å². The van der Waals surface area contributed by atoms with Crippen LogP contribution in [0.15, 0.2) is 16.8 Å². The number of ether oxygens (including phenoxy) is 1. The molecule has 27 heavy (non-hydrogen) atoms. The molecule has 1 N–H and O–H groups in total. The first kappa shape index (κ1) is 25.4. The zero-order valence-electron chi connectivity index (χ0n) is 18.0. The Morgan fingerprint density at radius 3 is 2.44 bits per heavy atom. The van der Waals surface area contributed by atoms with Crippen LogP contribution in [0.5, 0.6) is 0 Å². The molecule has 0 amide bonds. The Bertz CT molecular complexity index is 538. The molecule has 0 fully saturated rings. The summed E-state index contributed by atoms with van der Waals surface area (Å²) in [5.74, 6) is 2.34. The van der Waals surface area contributed by atoms with Crippen LogP contribution in [0, 0.1) is 17.1 Å². The van der Waals surface area contributed by atoms with E-state index in [1.807, 2.05) is 0 Å². The Kier molecular flexibility index (Phi) is 13.6. The first-order valence-electron chi connectivity index (χ1n) is 10.3. The zero-order valence-corrected chi connectivity index (χ0v) is 18.0. The van der Waals surface area contributed by atoms with Crippen LogP contribution in [0.2, 0.25) is 12.1 Å². The number of hydrogen-bond donors (Lipinski definition) is 1. The number of nitriles is 1. The minimum atomic E-state index is -0.784. The zero-order chi connectivity index (χ0) is 20.8. The topological polar surface area (TPSA) is 82.7 Å². The first-order valence-corrected chi connectivity index (χ1v) is 10.3. The summed E-state index contributed by atoms with van der Waals surface area (Å²) in [6, 6.07) is 0. The van der Waals surface area contributed by atoms with Gasteiger partial charge in [0.25, 0.3) is 6.71 Å². The molecule has 0 aromatic heterocycles. The molecule has 0 aliphatic carbocycles. The average Bonchev–Trinajstić information content (AvgIpc) is 2.64. The van der Waals surface area contributed by atoms with Crippen LogP contribution in [0.1, 0.15) is 73.6 Å². The molecule has 0 saturated heterocycles. The second-order valence-electron chi connectivity index (χ2n) is 7.39. The van der Waals surface area contributed by atoms with Crippen molar-refractivity contribution >= 4 is 18.4 Å². The quantitative estimate of drug-likeness (QED) is 0.164. The van der Waals surface area contributed by atoms with Crippen molar-refractivity contribution in [2.45, 2.75) is 91.9 Å². The van der Waals surface area contributed by atoms with E-state index < -0.39 is 12.1 Å². The molecule has 152 valence electrons. The van der Waals surface area contributed by atoms with E-state index in [9.17, 15) is 15.2 Å². The van der Waals surface area contributed by atoms with Gasteiger partial charge in [0.2, 0.25) is 0 Å². The van der Waals surface area contributed by atoms with Gasteiger partial charge in [-0.2, -0.15) is 0 Å². The summed E-state index contributed by atoms with van der Waals surface area (Å²) in [7, 11) is 0. The van der Waals surface area contributed by atoms with Crippen molar-refractivity contribution < 1.29 is 14.6 Å². The maximum Gasteiger partial charge on any atom is 0.356 e. The summed E-state index contributed by atoms with van der Waals surface area (Å²) in [4.78, 5) is 16.1. The number of hydrogen-bond acceptors (Lipinski definition) is 5. The lowest BCUT2D eigenvalue weighted by Gasteiger charge is -2.26. The van der Waals surface area contributed by atoms with Gasteiger partial charge in [-0.3, -0.25) is 0 Å². The third kappa shape index (κ3) is 9.77. The highest BCUT2D eigenvalue weighted by Gasteiger charge is 2.31. The molecule has 6 heteroatoms. The normalized spacial score (nSPS) is 14.6. The summed E-state index contributed by atoms with van der Waals surface area (Å²) >= 11 is 0.